The van der Waals surface area contributed by atoms with Crippen LogP contribution in [0.25, 0.3) is 0 Å². The zero-order valence-electron chi connectivity index (χ0n) is 21.0. The second-order valence-corrected chi connectivity index (χ2v) is 12.3. The number of rotatable bonds is 11. The summed E-state index contributed by atoms with van der Waals surface area (Å²) in [6.07, 6.45) is 7.00. The van der Waals surface area contributed by atoms with Gasteiger partial charge in [-0.05, 0) is 56.0 Å². The van der Waals surface area contributed by atoms with Gasteiger partial charge >= 0.3 is 0 Å². The lowest BCUT2D eigenvalue weighted by molar-refractivity contribution is -0.141. The summed E-state index contributed by atoms with van der Waals surface area (Å²) < 4.78 is 27.0. The average Bonchev–Trinajstić information content (AvgIpc) is 2.85. The Morgan fingerprint density at radius 3 is 2.39 bits per heavy atom. The molecule has 0 radical (unpaired) electrons. The highest BCUT2D eigenvalue weighted by Crippen LogP contribution is 2.21. The molecule has 1 atom stereocenters. The zero-order valence-corrected chi connectivity index (χ0v) is 23.4. The van der Waals surface area contributed by atoms with E-state index in [0.717, 1.165) is 35.7 Å². The third-order valence-corrected chi connectivity index (χ3v) is 8.24. The van der Waals surface area contributed by atoms with E-state index in [1.54, 1.807) is 36.1 Å². The van der Waals surface area contributed by atoms with Crippen LogP contribution in [0.1, 0.15) is 57.4 Å². The molecule has 1 saturated carbocycles. The lowest BCUT2D eigenvalue weighted by atomic mass is 9.95. The number of hydrogen-bond donors (Lipinski definition) is 1. The summed E-state index contributed by atoms with van der Waals surface area (Å²) in [6, 6.07) is 16.1. The van der Waals surface area contributed by atoms with Gasteiger partial charge in [0.25, 0.3) is 0 Å². The average molecular weight is 579 g/mol. The number of nitrogens with zero attached hydrogens (tertiary/aromatic N) is 2. The maximum atomic E-state index is 13.4. The molecular weight excluding hydrogens is 542 g/mol. The van der Waals surface area contributed by atoms with Crippen molar-refractivity contribution in [2.75, 3.05) is 17.1 Å². The molecule has 3 rings (SSSR count). The van der Waals surface area contributed by atoms with E-state index in [1.807, 2.05) is 30.3 Å². The van der Waals surface area contributed by atoms with Crippen molar-refractivity contribution in [2.45, 2.75) is 70.5 Å². The van der Waals surface area contributed by atoms with Gasteiger partial charge in [-0.3, -0.25) is 13.9 Å². The molecule has 196 valence electrons. The number of carbonyl (C=O) groups is 2. The van der Waals surface area contributed by atoms with Crippen LogP contribution in [-0.4, -0.2) is 50.0 Å². The molecule has 2 aromatic carbocycles. The monoisotopic (exact) mass is 577 g/mol. The third-order valence-electron chi connectivity index (χ3n) is 6.56. The number of sulfonamides is 1. The molecule has 2 aromatic rings. The van der Waals surface area contributed by atoms with Gasteiger partial charge in [0.05, 0.1) is 11.9 Å². The SMILES string of the molecule is C[C@@H](C(=O)NC1CCCCC1)N(Cc1cccc(Br)c1)C(=O)CCCN(c1ccccc1)S(C)(=O)=O. The maximum Gasteiger partial charge on any atom is 0.242 e. The molecule has 0 bridgehead atoms. The molecule has 0 aromatic heterocycles. The van der Waals surface area contributed by atoms with E-state index in [1.165, 1.54) is 17.0 Å². The lowest BCUT2D eigenvalue weighted by Crippen LogP contribution is -2.50. The van der Waals surface area contributed by atoms with E-state index in [0.29, 0.717) is 18.7 Å². The molecule has 0 unspecified atom stereocenters. The van der Waals surface area contributed by atoms with Gasteiger partial charge in [0.2, 0.25) is 21.8 Å². The van der Waals surface area contributed by atoms with Crippen molar-refractivity contribution in [3.05, 3.63) is 64.6 Å². The van der Waals surface area contributed by atoms with Gasteiger partial charge in [-0.25, -0.2) is 8.42 Å². The lowest BCUT2D eigenvalue weighted by Gasteiger charge is -2.31. The first-order valence-corrected chi connectivity index (χ1v) is 15.2. The first kappa shape index (κ1) is 28.2. The van der Waals surface area contributed by atoms with Gasteiger partial charge in [0.15, 0.2) is 0 Å². The highest BCUT2D eigenvalue weighted by Gasteiger charge is 2.28. The van der Waals surface area contributed by atoms with Crippen LogP contribution < -0.4 is 9.62 Å². The van der Waals surface area contributed by atoms with Crippen LogP contribution in [0.4, 0.5) is 5.69 Å². The van der Waals surface area contributed by atoms with Crippen LogP contribution in [-0.2, 0) is 26.2 Å². The third kappa shape index (κ3) is 8.34. The van der Waals surface area contributed by atoms with Gasteiger partial charge in [0.1, 0.15) is 6.04 Å². The van der Waals surface area contributed by atoms with Crippen molar-refractivity contribution in [3.8, 4) is 0 Å². The normalized spacial score (nSPS) is 15.2. The summed E-state index contributed by atoms with van der Waals surface area (Å²) in [4.78, 5) is 28.1. The second-order valence-electron chi connectivity index (χ2n) is 9.45. The topological polar surface area (TPSA) is 86.8 Å². The fourth-order valence-corrected chi connectivity index (χ4v) is 5.99. The number of nitrogens with one attached hydrogen (secondary N) is 1. The number of amides is 2. The van der Waals surface area contributed by atoms with Gasteiger partial charge in [-0.1, -0.05) is 65.5 Å². The summed E-state index contributed by atoms with van der Waals surface area (Å²) in [5.41, 5.74) is 1.48. The van der Waals surface area contributed by atoms with Crippen LogP contribution in [0.5, 0.6) is 0 Å². The summed E-state index contributed by atoms with van der Waals surface area (Å²) in [6.45, 7) is 2.24. The molecule has 1 aliphatic carbocycles. The number of halogens is 1. The molecule has 9 heteroatoms. The highest BCUT2D eigenvalue weighted by molar-refractivity contribution is 9.10. The first-order chi connectivity index (χ1) is 17.1. The van der Waals surface area contributed by atoms with Gasteiger partial charge in [-0.2, -0.15) is 0 Å². The largest absolute Gasteiger partial charge is 0.352 e. The Bertz CT molecular complexity index is 1120. The van der Waals surface area contributed by atoms with Crippen LogP contribution in [0, 0.1) is 0 Å². The molecule has 36 heavy (non-hydrogen) atoms. The summed E-state index contributed by atoms with van der Waals surface area (Å²) in [7, 11) is -3.50. The number of para-hydroxylation sites is 1. The minimum Gasteiger partial charge on any atom is -0.352 e. The minimum absolute atomic E-state index is 0.133. The van der Waals surface area contributed by atoms with Crippen LogP contribution >= 0.6 is 15.9 Å². The van der Waals surface area contributed by atoms with E-state index in [2.05, 4.69) is 21.2 Å². The fraction of sp³-hybridized carbons (Fsp3) is 0.481. The summed E-state index contributed by atoms with van der Waals surface area (Å²) >= 11 is 3.47. The number of anilines is 1. The Morgan fingerprint density at radius 1 is 1.06 bits per heavy atom. The van der Waals surface area contributed by atoms with Crippen LogP contribution in [0.3, 0.4) is 0 Å². The summed E-state index contributed by atoms with van der Waals surface area (Å²) in [5.74, 6) is -0.324. The Hall–Kier alpha value is -2.39. The minimum atomic E-state index is -3.50. The molecule has 0 spiro atoms. The van der Waals surface area contributed by atoms with E-state index >= 15 is 0 Å². The van der Waals surface area contributed by atoms with Crippen molar-refractivity contribution < 1.29 is 18.0 Å². The molecule has 1 aliphatic rings. The Kier molecular flexibility index (Phi) is 10.4. The van der Waals surface area contributed by atoms with Crippen LogP contribution in [0.15, 0.2) is 59.1 Å². The van der Waals surface area contributed by atoms with Crippen molar-refractivity contribution in [1.82, 2.24) is 10.2 Å². The molecule has 7 nitrogen and oxygen atoms in total. The quantitative estimate of drug-likeness (QED) is 0.413. The van der Waals surface area contributed by atoms with E-state index in [4.69, 9.17) is 0 Å². The molecule has 0 aliphatic heterocycles. The fourth-order valence-electron chi connectivity index (χ4n) is 4.58. The van der Waals surface area contributed by atoms with E-state index in [-0.39, 0.29) is 30.8 Å². The highest BCUT2D eigenvalue weighted by atomic mass is 79.9. The predicted molar refractivity (Wildman–Crippen MR) is 147 cm³/mol. The van der Waals surface area contributed by atoms with Crippen LogP contribution in [0.2, 0.25) is 0 Å². The van der Waals surface area contributed by atoms with Crippen molar-refractivity contribution in [1.29, 1.82) is 0 Å². The molecule has 1 fully saturated rings. The van der Waals surface area contributed by atoms with Gasteiger partial charge < -0.3 is 10.2 Å². The maximum absolute atomic E-state index is 13.4. The molecule has 0 heterocycles. The number of carbonyl (C=O) groups excluding carboxylic acids is 2. The predicted octanol–water partition coefficient (Wildman–Crippen LogP) is 4.86. The molecule has 1 N–H and O–H groups in total. The van der Waals surface area contributed by atoms with E-state index in [9.17, 15) is 18.0 Å². The number of hydrogen-bond acceptors (Lipinski definition) is 4. The van der Waals surface area contributed by atoms with Crippen molar-refractivity contribution in [3.63, 3.8) is 0 Å². The summed E-state index contributed by atoms with van der Waals surface area (Å²) in [5, 5.41) is 3.14. The standard InChI is InChI=1S/C27H36BrN3O4S/c1-21(27(33)29-24-13-5-3-6-14-24)30(20-22-11-9-12-23(28)19-22)26(32)17-10-18-31(36(2,34)35)25-15-7-4-8-16-25/h4,7-9,11-12,15-16,19,21,24H,3,5-6,10,13-14,17-18,20H2,1-2H3,(H,29,33)/t21-/m0/s1. The second kappa shape index (κ2) is 13.2. The Morgan fingerprint density at radius 2 is 1.75 bits per heavy atom. The van der Waals surface area contributed by atoms with E-state index < -0.39 is 16.1 Å². The zero-order chi connectivity index (χ0) is 26.1. The molecule has 2 amide bonds. The Labute approximate surface area is 223 Å². The molecule has 0 saturated heterocycles. The first-order valence-electron chi connectivity index (χ1n) is 12.5. The molecular formula is C27H36BrN3O4S. The van der Waals surface area contributed by atoms with Crippen molar-refractivity contribution >= 4 is 43.5 Å². The van der Waals surface area contributed by atoms with Crippen molar-refractivity contribution in [2.24, 2.45) is 0 Å². The van der Waals surface area contributed by atoms with Gasteiger partial charge in [-0.15, -0.1) is 0 Å². The smallest absolute Gasteiger partial charge is 0.242 e. The Balaban J connectivity index is 1.70. The number of benzene rings is 2. The van der Waals surface area contributed by atoms with Gasteiger partial charge in [0, 0.05) is 30.0 Å².